The summed E-state index contributed by atoms with van der Waals surface area (Å²) in [5.41, 5.74) is 4.81. The molecule has 47 heavy (non-hydrogen) atoms. The molecule has 0 unspecified atom stereocenters. The predicted molar refractivity (Wildman–Crippen MR) is 181 cm³/mol. The van der Waals surface area contributed by atoms with Gasteiger partial charge in [-0.15, -0.1) is 11.5 Å². The van der Waals surface area contributed by atoms with Gasteiger partial charge < -0.3 is 14.2 Å². The summed E-state index contributed by atoms with van der Waals surface area (Å²) < 4.78 is 17.2. The van der Waals surface area contributed by atoms with Crippen LogP contribution in [0.3, 0.4) is 0 Å². The summed E-state index contributed by atoms with van der Waals surface area (Å²) in [5, 5.41) is 29.1. The minimum absolute atomic E-state index is 0. The van der Waals surface area contributed by atoms with Gasteiger partial charge in [-0.05, 0) is 73.7 Å². The monoisotopic (exact) mass is 643 g/mol. The van der Waals surface area contributed by atoms with E-state index in [1.165, 1.54) is 29.3 Å². The minimum Gasteiger partial charge on any atom is -0.487 e. The lowest BCUT2D eigenvalue weighted by Gasteiger charge is -2.06. The highest BCUT2D eigenvalue weighted by atomic mass is 16.6. The first-order valence-electron chi connectivity index (χ1n) is 14.4. The van der Waals surface area contributed by atoms with Crippen LogP contribution in [0.1, 0.15) is 56.1 Å². The van der Waals surface area contributed by atoms with Crippen LogP contribution >= 0.6 is 0 Å². The zero-order chi connectivity index (χ0) is 34.1. The number of hydrogen-bond acceptors (Lipinski definition) is 9. The number of ether oxygens (including phenoxy) is 3. The number of rotatable bonds is 11. The van der Waals surface area contributed by atoms with Crippen molar-refractivity contribution in [1.82, 2.24) is 15.0 Å². The molecule has 12 nitrogen and oxygen atoms in total. The van der Waals surface area contributed by atoms with Crippen molar-refractivity contribution in [3.63, 3.8) is 0 Å². The molecule has 4 aromatic rings. The standard InChI is InChI=1S/C12H14N4O3.C12H14O.C10H9NO3.CH4/c1-3-9-6-11(4-5-12(9)16(17)18)19-8-10-7-15(2)14-13-10;1-4-8-13-12-7-6-10(3)11(5-2)9-12;1-3-8-7-9(14-4-2)5-6-10(8)11(12)13;/h4-7H,3,8H2,1-2H3;1,6-7,9H,5,8H2,2-3H3;2,5-7H,3H2,1H3;1H4. The molecular formula is C35H41N5O7. The molecule has 0 amide bonds. The van der Waals surface area contributed by atoms with E-state index in [0.29, 0.717) is 47.8 Å². The summed E-state index contributed by atoms with van der Waals surface area (Å²) >= 11 is 0. The number of nitro benzene ring substituents is 2. The summed E-state index contributed by atoms with van der Waals surface area (Å²) in [6.45, 7) is 8.56. The van der Waals surface area contributed by atoms with E-state index in [4.69, 9.17) is 27.1 Å². The maximum Gasteiger partial charge on any atom is 0.272 e. The fourth-order valence-electron chi connectivity index (χ4n) is 4.13. The Morgan fingerprint density at radius 2 is 1.32 bits per heavy atom. The maximum absolute atomic E-state index is 10.8. The van der Waals surface area contributed by atoms with Crippen LogP contribution in [0.2, 0.25) is 0 Å². The van der Waals surface area contributed by atoms with E-state index in [1.54, 1.807) is 36.1 Å². The smallest absolute Gasteiger partial charge is 0.272 e. The first kappa shape index (κ1) is 39.1. The molecule has 4 rings (SSSR count). The highest BCUT2D eigenvalue weighted by Crippen LogP contribution is 2.26. The zero-order valence-electron chi connectivity index (χ0n) is 26.6. The molecule has 3 aromatic carbocycles. The van der Waals surface area contributed by atoms with Crippen LogP contribution in [0.15, 0.2) is 60.8 Å². The molecule has 0 aliphatic carbocycles. The molecule has 0 N–H and O–H groups in total. The van der Waals surface area contributed by atoms with Crippen molar-refractivity contribution in [2.75, 3.05) is 6.61 Å². The van der Waals surface area contributed by atoms with Crippen molar-refractivity contribution < 1.29 is 24.1 Å². The van der Waals surface area contributed by atoms with Crippen LogP contribution in [0.25, 0.3) is 0 Å². The third kappa shape index (κ3) is 12.6. The highest BCUT2D eigenvalue weighted by Gasteiger charge is 2.14. The Kier molecular flexibility index (Phi) is 16.8. The van der Waals surface area contributed by atoms with Crippen molar-refractivity contribution in [3.05, 3.63) is 109 Å². The lowest BCUT2D eigenvalue weighted by Crippen LogP contribution is -1.99. The van der Waals surface area contributed by atoms with Gasteiger partial charge in [0, 0.05) is 30.3 Å². The molecule has 0 spiro atoms. The van der Waals surface area contributed by atoms with Crippen LogP contribution in [0, 0.1) is 52.0 Å². The van der Waals surface area contributed by atoms with Crippen LogP contribution < -0.4 is 14.2 Å². The van der Waals surface area contributed by atoms with Gasteiger partial charge in [0.15, 0.2) is 0 Å². The molecule has 0 saturated heterocycles. The van der Waals surface area contributed by atoms with Crippen molar-refractivity contribution in [1.29, 1.82) is 0 Å². The van der Waals surface area contributed by atoms with Crippen molar-refractivity contribution in [2.24, 2.45) is 7.05 Å². The fraction of sp³-hybridized carbons (Fsp3) is 0.314. The van der Waals surface area contributed by atoms with Gasteiger partial charge in [-0.3, -0.25) is 24.9 Å². The number of terminal acetylenes is 2. The van der Waals surface area contributed by atoms with Crippen molar-refractivity contribution >= 4 is 11.4 Å². The lowest BCUT2D eigenvalue weighted by atomic mass is 10.1. The predicted octanol–water partition coefficient (Wildman–Crippen LogP) is 7.20. The molecule has 1 heterocycles. The van der Waals surface area contributed by atoms with E-state index in [9.17, 15) is 20.2 Å². The summed E-state index contributed by atoms with van der Waals surface area (Å²) in [6, 6.07) is 15.3. The number of nitro groups is 2. The van der Waals surface area contributed by atoms with E-state index in [1.807, 2.05) is 32.1 Å². The summed E-state index contributed by atoms with van der Waals surface area (Å²) in [6.07, 6.45) is 16.0. The Hall–Kier alpha value is -5.88. The molecule has 0 fully saturated rings. The van der Waals surface area contributed by atoms with Crippen LogP contribution in [0.5, 0.6) is 17.2 Å². The first-order chi connectivity index (χ1) is 22.1. The second-order valence-electron chi connectivity index (χ2n) is 9.63. The average Bonchev–Trinajstić information content (AvgIpc) is 3.48. The molecule has 0 saturated carbocycles. The second kappa shape index (κ2) is 20.2. The van der Waals surface area contributed by atoms with Crippen molar-refractivity contribution in [3.8, 4) is 42.1 Å². The molecule has 1 aromatic heterocycles. The Morgan fingerprint density at radius 3 is 1.81 bits per heavy atom. The quantitative estimate of drug-likeness (QED) is 0.0941. The molecule has 12 heteroatoms. The number of aryl methyl sites for hydroxylation is 5. The fourth-order valence-corrected chi connectivity index (χ4v) is 4.13. The van der Waals surface area contributed by atoms with Gasteiger partial charge >= 0.3 is 0 Å². The van der Waals surface area contributed by atoms with Gasteiger partial charge in [0.25, 0.3) is 11.4 Å². The van der Waals surface area contributed by atoms with Crippen LogP contribution in [-0.2, 0) is 32.9 Å². The van der Waals surface area contributed by atoms with Gasteiger partial charge in [-0.25, -0.2) is 0 Å². The van der Waals surface area contributed by atoms with E-state index in [2.05, 4.69) is 36.1 Å². The Morgan fingerprint density at radius 1 is 0.809 bits per heavy atom. The van der Waals surface area contributed by atoms with Crippen LogP contribution in [0.4, 0.5) is 11.4 Å². The van der Waals surface area contributed by atoms with Gasteiger partial charge in [-0.2, -0.15) is 0 Å². The maximum atomic E-state index is 10.8. The second-order valence-corrected chi connectivity index (χ2v) is 9.63. The Balaban J connectivity index is 0.000000357. The van der Waals surface area contributed by atoms with Crippen molar-refractivity contribution in [2.45, 2.75) is 61.0 Å². The third-order valence-electron chi connectivity index (χ3n) is 6.49. The van der Waals surface area contributed by atoms with E-state index in [0.717, 1.165) is 12.2 Å². The molecule has 0 radical (unpaired) electrons. The number of aromatic nitrogens is 3. The van der Waals surface area contributed by atoms with Gasteiger partial charge in [0.05, 0.1) is 16.0 Å². The summed E-state index contributed by atoms with van der Waals surface area (Å²) in [5.74, 6) is 4.35. The van der Waals surface area contributed by atoms with Crippen LogP contribution in [-0.4, -0.2) is 31.4 Å². The first-order valence-corrected chi connectivity index (χ1v) is 14.4. The highest BCUT2D eigenvalue weighted by molar-refractivity contribution is 5.46. The van der Waals surface area contributed by atoms with Gasteiger partial charge in [-0.1, -0.05) is 51.8 Å². The molecule has 248 valence electrons. The van der Waals surface area contributed by atoms with E-state index < -0.39 is 4.92 Å². The number of nitrogens with zero attached hydrogens (tertiary/aromatic N) is 5. The molecule has 0 aliphatic rings. The average molecular weight is 644 g/mol. The lowest BCUT2D eigenvalue weighted by molar-refractivity contribution is -0.385. The normalized spacial score (nSPS) is 9.51. The molecular weight excluding hydrogens is 602 g/mol. The Bertz CT molecular complexity index is 1700. The van der Waals surface area contributed by atoms with E-state index >= 15 is 0 Å². The van der Waals surface area contributed by atoms with Gasteiger partial charge in [0.1, 0.15) is 42.3 Å². The SMILES string of the molecule is C.C#CCOc1ccc(C)c(CC)c1.C#COc1ccc([N+](=O)[O-])c(CC)c1.CCc1cc(OCc2cn(C)nn2)ccc1[N+](=O)[O-]. The van der Waals surface area contributed by atoms with E-state index in [-0.39, 0.29) is 30.3 Å². The Labute approximate surface area is 276 Å². The third-order valence-corrected chi connectivity index (χ3v) is 6.49. The zero-order valence-corrected chi connectivity index (χ0v) is 26.6. The topological polar surface area (TPSA) is 145 Å². The summed E-state index contributed by atoms with van der Waals surface area (Å²) in [7, 11) is 1.78. The summed E-state index contributed by atoms with van der Waals surface area (Å²) in [4.78, 5) is 20.6. The minimum atomic E-state index is -0.418. The molecule has 0 bridgehead atoms. The largest absolute Gasteiger partial charge is 0.487 e. The van der Waals surface area contributed by atoms with Gasteiger partial charge in [0.2, 0.25) is 0 Å². The molecule has 0 aliphatic heterocycles. The number of benzene rings is 3. The molecule has 0 atom stereocenters. The number of hydrogen-bond donors (Lipinski definition) is 0.